The molecule has 1 heterocycles. The van der Waals surface area contributed by atoms with Gasteiger partial charge >= 0.3 is 5.97 Å². The summed E-state index contributed by atoms with van der Waals surface area (Å²) in [5.74, 6) is 4.52. The van der Waals surface area contributed by atoms with Gasteiger partial charge in [0.2, 0.25) is 0 Å². The highest BCUT2D eigenvalue weighted by atomic mass is 16.7. The van der Waals surface area contributed by atoms with Gasteiger partial charge in [0.25, 0.3) is 0 Å². The molecule has 59 heavy (non-hydrogen) atoms. The van der Waals surface area contributed by atoms with Crippen molar-refractivity contribution in [2.24, 2.45) is 52.3 Å². The minimum Gasteiger partial charge on any atom is -0.463 e. The van der Waals surface area contributed by atoms with Gasteiger partial charge in [-0.1, -0.05) is 129 Å². The topological polar surface area (TPSA) is 105 Å². The molecule has 4 fully saturated rings. The van der Waals surface area contributed by atoms with Crippen LogP contribution in [-0.4, -0.2) is 64.7 Å². The minimum atomic E-state index is -1.45. The van der Waals surface area contributed by atoms with Crippen LogP contribution in [0.25, 0.3) is 0 Å². The maximum absolute atomic E-state index is 12.6. The number of ether oxygens (including phenoxy) is 3. The molecule has 14 unspecified atom stereocenters. The predicted molar refractivity (Wildman–Crippen MR) is 239 cm³/mol. The van der Waals surface area contributed by atoms with Gasteiger partial charge in [-0.25, -0.2) is 0 Å². The van der Waals surface area contributed by atoms with Crippen molar-refractivity contribution in [3.63, 3.8) is 0 Å². The first-order chi connectivity index (χ1) is 28.3. The first-order valence-electron chi connectivity index (χ1n) is 24.5. The van der Waals surface area contributed by atoms with Gasteiger partial charge < -0.3 is 29.5 Å². The number of aliphatic hydroxyl groups excluding tert-OH is 3. The van der Waals surface area contributed by atoms with E-state index in [1.54, 1.807) is 0 Å². The Balaban J connectivity index is 1.03. The minimum absolute atomic E-state index is 0.153. The lowest BCUT2D eigenvalue weighted by Crippen LogP contribution is -2.60. The van der Waals surface area contributed by atoms with E-state index in [4.69, 9.17) is 14.2 Å². The third-order valence-electron chi connectivity index (χ3n) is 16.3. The second-order valence-corrected chi connectivity index (χ2v) is 20.5. The van der Waals surface area contributed by atoms with Gasteiger partial charge in [0, 0.05) is 6.42 Å². The number of hydrogen-bond donors (Lipinski definition) is 3. The Morgan fingerprint density at radius 1 is 0.831 bits per heavy atom. The summed E-state index contributed by atoms with van der Waals surface area (Å²) in [6.07, 6.45) is 31.9. The average molecular weight is 823 g/mol. The van der Waals surface area contributed by atoms with Crippen LogP contribution in [-0.2, 0) is 19.0 Å². The third kappa shape index (κ3) is 12.5. The van der Waals surface area contributed by atoms with E-state index < -0.39 is 30.7 Å². The van der Waals surface area contributed by atoms with Crippen LogP contribution in [0, 0.1) is 52.3 Å². The number of carbonyl (C=O) groups excluding carboxylic acids is 1. The normalized spacial score (nSPS) is 37.1. The van der Waals surface area contributed by atoms with Gasteiger partial charge in [-0.3, -0.25) is 4.79 Å². The molecule has 0 aromatic carbocycles. The van der Waals surface area contributed by atoms with E-state index in [9.17, 15) is 20.1 Å². The lowest BCUT2D eigenvalue weighted by molar-refractivity contribution is -0.313. The maximum Gasteiger partial charge on any atom is 0.305 e. The molecule has 0 spiro atoms. The highest BCUT2D eigenvalue weighted by Crippen LogP contribution is 2.67. The molecule has 1 aliphatic heterocycles. The van der Waals surface area contributed by atoms with E-state index in [0.29, 0.717) is 35.5 Å². The van der Waals surface area contributed by atoms with Crippen molar-refractivity contribution < 1.29 is 34.3 Å². The lowest BCUT2D eigenvalue weighted by Gasteiger charge is -2.58. The van der Waals surface area contributed by atoms with Crippen LogP contribution in [0.15, 0.2) is 48.1 Å². The molecule has 0 aromatic heterocycles. The Morgan fingerprint density at radius 3 is 2.27 bits per heavy atom. The van der Waals surface area contributed by atoms with Crippen LogP contribution in [0.3, 0.4) is 0 Å². The first kappa shape index (κ1) is 48.3. The summed E-state index contributed by atoms with van der Waals surface area (Å²) in [5.41, 5.74) is 2.04. The number of allylic oxidation sites excluding steroid dienone is 7. The van der Waals surface area contributed by atoms with Gasteiger partial charge in [-0.05, 0) is 142 Å². The van der Waals surface area contributed by atoms with Crippen molar-refractivity contribution in [3.8, 4) is 0 Å². The summed E-state index contributed by atoms with van der Waals surface area (Å²) >= 11 is 0. The van der Waals surface area contributed by atoms with Crippen molar-refractivity contribution in [1.29, 1.82) is 0 Å². The molecule has 1 saturated heterocycles. The summed E-state index contributed by atoms with van der Waals surface area (Å²) in [5, 5.41) is 32.5. The smallest absolute Gasteiger partial charge is 0.305 e. The third-order valence-corrected chi connectivity index (χ3v) is 16.3. The summed E-state index contributed by atoms with van der Waals surface area (Å²) in [4.78, 5) is 12.6. The van der Waals surface area contributed by atoms with Crippen molar-refractivity contribution in [2.75, 3.05) is 6.61 Å². The van der Waals surface area contributed by atoms with E-state index >= 15 is 0 Å². The fourth-order valence-corrected chi connectivity index (χ4v) is 12.0. The SMILES string of the molecule is CCCCC/C=C\C/C=C\CCCCCCCC(=O)OCC1OC(OC2CCC3(C)C(=CCC4C3CCC3(C)C(C(C)/C=C/C(C)C(C)C)CCC43)C2)C(O)C(O)C1O. The zero-order valence-electron chi connectivity index (χ0n) is 38.4. The maximum atomic E-state index is 12.6. The van der Waals surface area contributed by atoms with Crippen LogP contribution in [0.5, 0.6) is 0 Å². The highest BCUT2D eigenvalue weighted by Gasteiger charge is 2.59. The Kier molecular flexibility index (Phi) is 18.9. The second kappa shape index (κ2) is 23.1. The van der Waals surface area contributed by atoms with Gasteiger partial charge in [0.05, 0.1) is 6.10 Å². The molecule has 3 N–H and O–H groups in total. The molecule has 0 aromatic rings. The molecule has 5 aliphatic rings. The van der Waals surface area contributed by atoms with Crippen molar-refractivity contribution in [3.05, 3.63) is 48.1 Å². The molecular weight excluding hydrogens is 737 g/mol. The zero-order chi connectivity index (χ0) is 42.6. The summed E-state index contributed by atoms with van der Waals surface area (Å²) in [7, 11) is 0. The first-order valence-corrected chi connectivity index (χ1v) is 24.5. The van der Waals surface area contributed by atoms with Gasteiger partial charge in [-0.15, -0.1) is 0 Å². The number of unbranched alkanes of at least 4 members (excludes halogenated alkanes) is 8. The van der Waals surface area contributed by atoms with Crippen LogP contribution < -0.4 is 0 Å². The number of carbonyl (C=O) groups is 1. The molecule has 0 bridgehead atoms. The van der Waals surface area contributed by atoms with E-state index in [-0.39, 0.29) is 24.1 Å². The highest BCUT2D eigenvalue weighted by molar-refractivity contribution is 5.69. The van der Waals surface area contributed by atoms with Crippen molar-refractivity contribution in [1.82, 2.24) is 0 Å². The predicted octanol–water partition coefficient (Wildman–Crippen LogP) is 11.6. The van der Waals surface area contributed by atoms with E-state index in [2.05, 4.69) is 91.0 Å². The van der Waals surface area contributed by atoms with Gasteiger partial charge in [0.15, 0.2) is 6.29 Å². The second-order valence-electron chi connectivity index (χ2n) is 20.5. The number of rotatable bonds is 22. The quantitative estimate of drug-likeness (QED) is 0.0567. The van der Waals surface area contributed by atoms with Gasteiger partial charge in [0.1, 0.15) is 31.0 Å². The molecule has 336 valence electrons. The molecule has 0 amide bonds. The molecule has 0 radical (unpaired) electrons. The fraction of sp³-hybridized carbons (Fsp3) is 0.827. The Hall–Kier alpha value is -1.77. The van der Waals surface area contributed by atoms with Crippen LogP contribution in [0.2, 0.25) is 0 Å². The van der Waals surface area contributed by atoms with Crippen molar-refractivity contribution in [2.45, 2.75) is 214 Å². The van der Waals surface area contributed by atoms with E-state index in [1.807, 2.05) is 0 Å². The standard InChI is InChI=1S/C52H86O7/c1-8-9-10-11-12-13-14-15-16-17-18-19-20-21-22-23-46(53)57-35-45-47(54)48(55)49(56)50(59-45)58-40-30-32-51(6)39(34-40)26-27-41-43-29-28-42(52(43,7)33-31-44(41)51)38(5)25-24-37(4)36(2)3/h12-13,15-16,24-26,36-38,40-45,47-50,54-56H,8-11,14,17-23,27-35H2,1-7H3/b13-12-,16-15-,25-24+. The Morgan fingerprint density at radius 2 is 1.54 bits per heavy atom. The molecule has 7 heteroatoms. The lowest BCUT2D eigenvalue weighted by atomic mass is 9.47. The fourth-order valence-electron chi connectivity index (χ4n) is 12.0. The zero-order valence-corrected chi connectivity index (χ0v) is 38.4. The summed E-state index contributed by atoms with van der Waals surface area (Å²) in [6.45, 7) is 16.6. The number of aliphatic hydroxyl groups is 3. The number of esters is 1. The molecule has 14 atom stereocenters. The molecule has 4 aliphatic carbocycles. The van der Waals surface area contributed by atoms with Gasteiger partial charge in [-0.2, -0.15) is 0 Å². The average Bonchev–Trinajstić information content (AvgIpc) is 3.58. The summed E-state index contributed by atoms with van der Waals surface area (Å²) < 4.78 is 18.0. The molecule has 7 nitrogen and oxygen atoms in total. The summed E-state index contributed by atoms with van der Waals surface area (Å²) in [6, 6.07) is 0. The number of hydrogen-bond acceptors (Lipinski definition) is 7. The molecule has 5 rings (SSSR count). The molecule has 3 saturated carbocycles. The van der Waals surface area contributed by atoms with Crippen LogP contribution in [0.4, 0.5) is 0 Å². The Labute approximate surface area is 359 Å². The van der Waals surface area contributed by atoms with Crippen LogP contribution in [0.1, 0.15) is 177 Å². The molecular formula is C52H86O7. The van der Waals surface area contributed by atoms with E-state index in [0.717, 1.165) is 88.4 Å². The Bertz CT molecular complexity index is 1400. The monoisotopic (exact) mass is 823 g/mol. The largest absolute Gasteiger partial charge is 0.463 e. The van der Waals surface area contributed by atoms with Crippen LogP contribution >= 0.6 is 0 Å². The van der Waals surface area contributed by atoms with E-state index in [1.165, 1.54) is 56.9 Å². The van der Waals surface area contributed by atoms with Crippen molar-refractivity contribution >= 4 is 5.97 Å². The number of fused-ring (bicyclic) bond motifs is 5.